The summed E-state index contributed by atoms with van der Waals surface area (Å²) in [6.45, 7) is 3.62. The topological polar surface area (TPSA) is 169 Å². The van der Waals surface area contributed by atoms with E-state index in [0.29, 0.717) is 12.8 Å². The van der Waals surface area contributed by atoms with E-state index in [1.165, 1.54) is 186 Å². The third kappa shape index (κ3) is 36.0. The molecule has 1 aliphatic heterocycles. The normalized spacial score (nSPS) is 20.4. The van der Waals surface area contributed by atoms with E-state index in [1.54, 1.807) is 6.08 Å². The van der Waals surface area contributed by atoms with Crippen LogP contribution in [0.15, 0.2) is 36.5 Å². The van der Waals surface area contributed by atoms with Crippen molar-refractivity contribution >= 4 is 5.91 Å². The second-order valence-electron chi connectivity index (χ2n) is 19.9. The molecule has 67 heavy (non-hydrogen) atoms. The predicted octanol–water partition coefficient (Wildman–Crippen LogP) is 12.5. The number of hydrogen-bond donors (Lipinski definition) is 7. The number of amides is 1. The molecule has 0 aromatic carbocycles. The molecule has 8 unspecified atom stereocenters. The molecule has 8 atom stereocenters. The molecule has 0 spiro atoms. The molecule has 10 heteroatoms. The maximum Gasteiger partial charge on any atom is 0.249 e. The predicted molar refractivity (Wildman–Crippen MR) is 278 cm³/mol. The molecule has 1 aliphatic rings. The van der Waals surface area contributed by atoms with Gasteiger partial charge in [0.25, 0.3) is 0 Å². The summed E-state index contributed by atoms with van der Waals surface area (Å²) < 4.78 is 11.2. The van der Waals surface area contributed by atoms with Gasteiger partial charge in [0.2, 0.25) is 5.91 Å². The first-order chi connectivity index (χ1) is 32.8. The van der Waals surface area contributed by atoms with Gasteiger partial charge in [0.1, 0.15) is 30.5 Å². The Bertz CT molecular complexity index is 1160. The van der Waals surface area contributed by atoms with Gasteiger partial charge in [-0.25, -0.2) is 0 Å². The van der Waals surface area contributed by atoms with Crippen molar-refractivity contribution in [3.8, 4) is 0 Å². The number of nitrogens with one attached hydrogen (secondary N) is 1. The molecule has 0 aliphatic carbocycles. The second kappa shape index (κ2) is 46.7. The first-order valence-electron chi connectivity index (χ1n) is 28.3. The van der Waals surface area contributed by atoms with Crippen LogP contribution in [0.25, 0.3) is 0 Å². The molecule has 0 bridgehead atoms. The zero-order valence-electron chi connectivity index (χ0n) is 43.3. The van der Waals surface area contributed by atoms with Gasteiger partial charge in [-0.1, -0.05) is 243 Å². The highest BCUT2D eigenvalue weighted by atomic mass is 16.7. The lowest BCUT2D eigenvalue weighted by Gasteiger charge is -2.40. The quantitative estimate of drug-likeness (QED) is 0.0232. The van der Waals surface area contributed by atoms with Crippen LogP contribution < -0.4 is 5.32 Å². The molecule has 1 saturated heterocycles. The molecular formula is C57H107NO9. The van der Waals surface area contributed by atoms with Gasteiger partial charge in [0, 0.05) is 0 Å². The monoisotopic (exact) mass is 950 g/mol. The molecule has 7 N–H and O–H groups in total. The number of unbranched alkanes of at least 4 members (excludes halogenated alkanes) is 33. The summed E-state index contributed by atoms with van der Waals surface area (Å²) in [7, 11) is 0. The Hall–Kier alpha value is -1.63. The lowest BCUT2D eigenvalue weighted by Crippen LogP contribution is -2.60. The molecule has 1 amide bonds. The summed E-state index contributed by atoms with van der Waals surface area (Å²) in [6.07, 6.45) is 49.6. The first kappa shape index (κ1) is 63.4. The number of carbonyl (C=O) groups is 1. The highest BCUT2D eigenvalue weighted by molar-refractivity contribution is 5.80. The van der Waals surface area contributed by atoms with Crippen molar-refractivity contribution < 1.29 is 44.9 Å². The minimum Gasteiger partial charge on any atom is -0.394 e. The summed E-state index contributed by atoms with van der Waals surface area (Å²) >= 11 is 0. The number of hydrogen-bond acceptors (Lipinski definition) is 9. The van der Waals surface area contributed by atoms with Crippen molar-refractivity contribution in [3.63, 3.8) is 0 Å². The van der Waals surface area contributed by atoms with Crippen molar-refractivity contribution in [2.75, 3.05) is 13.2 Å². The highest BCUT2D eigenvalue weighted by Crippen LogP contribution is 2.23. The van der Waals surface area contributed by atoms with E-state index in [0.717, 1.165) is 44.9 Å². The molecule has 1 heterocycles. The zero-order valence-corrected chi connectivity index (χ0v) is 43.3. The van der Waals surface area contributed by atoms with Gasteiger partial charge >= 0.3 is 0 Å². The van der Waals surface area contributed by atoms with Crippen LogP contribution >= 0.6 is 0 Å². The van der Waals surface area contributed by atoms with Gasteiger partial charge in [0.05, 0.1) is 25.4 Å². The average Bonchev–Trinajstić information content (AvgIpc) is 3.33. The van der Waals surface area contributed by atoms with Crippen LogP contribution in [-0.2, 0) is 14.3 Å². The fourth-order valence-corrected chi connectivity index (χ4v) is 8.96. The Kier molecular flexibility index (Phi) is 44.2. The van der Waals surface area contributed by atoms with Gasteiger partial charge in [-0.3, -0.25) is 4.79 Å². The van der Waals surface area contributed by atoms with Crippen LogP contribution in [0.4, 0.5) is 0 Å². The molecule has 0 saturated carbocycles. The SMILES string of the molecule is CCCCCCCCCCC/C=C\C/C=C\CCCCCCCCCCCCCCC(O)C(=O)NC(COC1OC(CO)C(O)C(O)C1O)C(O)/C=C/CCCCCCCCCCCCCC. The van der Waals surface area contributed by atoms with E-state index >= 15 is 0 Å². The summed E-state index contributed by atoms with van der Waals surface area (Å²) in [5.74, 6) is -0.616. The minimum atomic E-state index is -1.61. The van der Waals surface area contributed by atoms with Gasteiger partial charge in [0.15, 0.2) is 6.29 Å². The number of aliphatic hydroxyl groups is 6. The summed E-state index contributed by atoms with van der Waals surface area (Å²) in [5, 5.41) is 64.9. The Morgan fingerprint density at radius 1 is 0.522 bits per heavy atom. The third-order valence-corrected chi connectivity index (χ3v) is 13.6. The van der Waals surface area contributed by atoms with Gasteiger partial charge in [-0.05, 0) is 51.4 Å². The zero-order chi connectivity index (χ0) is 48.8. The van der Waals surface area contributed by atoms with E-state index in [9.17, 15) is 35.4 Å². The average molecular weight is 950 g/mol. The summed E-state index contributed by atoms with van der Waals surface area (Å²) in [4.78, 5) is 13.1. The number of aliphatic hydroxyl groups excluding tert-OH is 6. The Labute approximate surface area is 411 Å². The van der Waals surface area contributed by atoms with Crippen LogP contribution in [0, 0.1) is 0 Å². The Morgan fingerprint density at radius 3 is 1.33 bits per heavy atom. The number of rotatable bonds is 48. The van der Waals surface area contributed by atoms with Crippen LogP contribution in [0.3, 0.4) is 0 Å². The highest BCUT2D eigenvalue weighted by Gasteiger charge is 2.44. The smallest absolute Gasteiger partial charge is 0.249 e. The van der Waals surface area contributed by atoms with Crippen molar-refractivity contribution in [1.29, 1.82) is 0 Å². The van der Waals surface area contributed by atoms with Gasteiger partial charge in [-0.15, -0.1) is 0 Å². The third-order valence-electron chi connectivity index (χ3n) is 13.6. The minimum absolute atomic E-state index is 0.305. The molecular weight excluding hydrogens is 843 g/mol. The summed E-state index contributed by atoms with van der Waals surface area (Å²) in [6, 6.07) is -0.980. The van der Waals surface area contributed by atoms with E-state index in [-0.39, 0.29) is 6.61 Å². The van der Waals surface area contributed by atoms with Gasteiger partial charge in [-0.2, -0.15) is 0 Å². The van der Waals surface area contributed by atoms with Crippen molar-refractivity contribution in [2.45, 2.75) is 307 Å². The lowest BCUT2D eigenvalue weighted by atomic mass is 9.99. The maximum absolute atomic E-state index is 13.1. The molecule has 1 rings (SSSR count). The fourth-order valence-electron chi connectivity index (χ4n) is 8.96. The van der Waals surface area contributed by atoms with Crippen LogP contribution in [0.1, 0.15) is 258 Å². The number of allylic oxidation sites excluding steroid dienone is 5. The maximum atomic E-state index is 13.1. The Balaban J connectivity index is 2.23. The molecule has 0 radical (unpaired) electrons. The van der Waals surface area contributed by atoms with Crippen molar-refractivity contribution in [2.24, 2.45) is 0 Å². The molecule has 0 aromatic rings. The standard InChI is InChI=1S/C57H107NO9/c1-3-5-7-9-11-13-15-17-19-20-21-22-23-24-25-26-27-28-29-30-31-32-34-36-38-40-42-44-46-51(61)56(65)58-49(48-66-57-55(64)54(63)53(62)52(47-59)67-57)50(60)45-43-41-39-37-35-33-18-16-14-12-10-8-6-4-2/h21-22,24-25,43,45,49-55,57,59-64H,3-20,23,26-42,44,46-48H2,1-2H3,(H,58,65)/b22-21-,25-24-,45-43+. The first-order valence-corrected chi connectivity index (χ1v) is 28.3. The number of ether oxygens (including phenoxy) is 2. The fraction of sp³-hybridized carbons (Fsp3) is 0.877. The van der Waals surface area contributed by atoms with E-state index < -0.39 is 61.5 Å². The Morgan fingerprint density at radius 2 is 0.910 bits per heavy atom. The second-order valence-corrected chi connectivity index (χ2v) is 19.9. The van der Waals surface area contributed by atoms with E-state index in [2.05, 4.69) is 43.5 Å². The van der Waals surface area contributed by atoms with E-state index in [1.807, 2.05) is 6.08 Å². The molecule has 10 nitrogen and oxygen atoms in total. The van der Waals surface area contributed by atoms with Crippen molar-refractivity contribution in [3.05, 3.63) is 36.5 Å². The number of carbonyl (C=O) groups excluding carboxylic acids is 1. The van der Waals surface area contributed by atoms with Crippen LogP contribution in [0.5, 0.6) is 0 Å². The molecule has 0 aromatic heterocycles. The van der Waals surface area contributed by atoms with E-state index in [4.69, 9.17) is 9.47 Å². The molecule has 1 fully saturated rings. The summed E-state index contributed by atoms with van der Waals surface area (Å²) in [5.41, 5.74) is 0. The molecule has 394 valence electrons. The van der Waals surface area contributed by atoms with Gasteiger partial charge < -0.3 is 45.4 Å². The largest absolute Gasteiger partial charge is 0.394 e. The van der Waals surface area contributed by atoms with Crippen molar-refractivity contribution in [1.82, 2.24) is 5.32 Å². The van der Waals surface area contributed by atoms with Crippen LogP contribution in [-0.4, -0.2) is 98.7 Å². The lowest BCUT2D eigenvalue weighted by molar-refractivity contribution is -0.302. The van der Waals surface area contributed by atoms with Crippen LogP contribution in [0.2, 0.25) is 0 Å².